The van der Waals surface area contributed by atoms with Crippen molar-refractivity contribution in [1.82, 2.24) is 10.3 Å². The van der Waals surface area contributed by atoms with E-state index < -0.39 is 0 Å². The molecule has 0 aromatic heterocycles. The van der Waals surface area contributed by atoms with Crippen molar-refractivity contribution in [1.29, 1.82) is 0 Å². The van der Waals surface area contributed by atoms with Crippen molar-refractivity contribution < 1.29 is 18.7 Å². The van der Waals surface area contributed by atoms with E-state index in [1.54, 1.807) is 6.07 Å². The zero-order valence-electron chi connectivity index (χ0n) is 15.9. The van der Waals surface area contributed by atoms with E-state index in [4.69, 9.17) is 4.74 Å². The number of carbonyl (C=O) groups excluding carboxylic acids is 2. The van der Waals surface area contributed by atoms with Gasteiger partial charge in [-0.15, -0.1) is 0 Å². The number of anilines is 1. The average Bonchev–Trinajstić information content (AvgIpc) is 2.61. The second-order valence-electron chi connectivity index (χ2n) is 7.09. The molecule has 2 atom stereocenters. The highest BCUT2D eigenvalue weighted by Gasteiger charge is 2.25. The fourth-order valence-electron chi connectivity index (χ4n) is 3.41. The van der Waals surface area contributed by atoms with Crippen LogP contribution in [0.2, 0.25) is 0 Å². The van der Waals surface area contributed by atoms with Crippen LogP contribution in [-0.4, -0.2) is 54.9 Å². The van der Waals surface area contributed by atoms with E-state index in [-0.39, 0.29) is 42.8 Å². The van der Waals surface area contributed by atoms with Gasteiger partial charge in [-0.25, -0.2) is 9.40 Å². The lowest BCUT2D eigenvalue weighted by molar-refractivity contribution is -0.130. The number of morpholine rings is 1. The number of carbonyl (C=O) groups is 2. The Morgan fingerprint density at radius 2 is 2.00 bits per heavy atom. The Morgan fingerprint density at radius 3 is 2.63 bits per heavy atom. The molecule has 1 saturated heterocycles. The first-order valence-corrected chi connectivity index (χ1v) is 9.14. The molecular weight excluding hydrogens is 351 g/mol. The zero-order valence-corrected chi connectivity index (χ0v) is 15.9. The van der Waals surface area contributed by atoms with E-state index >= 15 is 0 Å². The van der Waals surface area contributed by atoms with Crippen LogP contribution in [0.25, 0.3) is 0 Å². The van der Waals surface area contributed by atoms with Gasteiger partial charge in [0, 0.05) is 39.5 Å². The molecule has 1 N–H and O–H groups in total. The topological polar surface area (TPSA) is 74.2 Å². The van der Waals surface area contributed by atoms with Crippen molar-refractivity contribution in [3.05, 3.63) is 29.6 Å². The van der Waals surface area contributed by atoms with Crippen LogP contribution >= 0.6 is 0 Å². The van der Waals surface area contributed by atoms with Crippen LogP contribution in [0.15, 0.2) is 23.3 Å². The van der Waals surface area contributed by atoms with Crippen LogP contribution in [0.3, 0.4) is 0 Å². The lowest BCUT2D eigenvalue weighted by Crippen LogP contribution is -2.45. The van der Waals surface area contributed by atoms with Crippen LogP contribution in [0.5, 0.6) is 0 Å². The maximum Gasteiger partial charge on any atom is 0.267 e. The Labute approximate surface area is 158 Å². The molecule has 2 amide bonds. The van der Waals surface area contributed by atoms with E-state index in [2.05, 4.69) is 10.4 Å². The molecule has 27 heavy (non-hydrogen) atoms. The standard InChI is InChI=1S/C19H25FN4O3/c1-12-10-24(11-13(2)27-12)17-6-4-14(8-15(17)20)9-21-19(26)16-5-7-18(25)23(3)22-16/h4,6,8,12-13H,5,7,9-11H2,1-3H3,(H,21,26)/t12-,13-/m1/s1. The van der Waals surface area contributed by atoms with Crippen molar-refractivity contribution in [3.8, 4) is 0 Å². The quantitative estimate of drug-likeness (QED) is 0.867. The molecule has 0 radical (unpaired) electrons. The fraction of sp³-hybridized carbons (Fsp3) is 0.526. The first kappa shape index (κ1) is 19.3. The Morgan fingerprint density at radius 1 is 1.30 bits per heavy atom. The summed E-state index contributed by atoms with van der Waals surface area (Å²) >= 11 is 0. The van der Waals surface area contributed by atoms with Gasteiger partial charge in [0.05, 0.1) is 17.9 Å². The monoisotopic (exact) mass is 376 g/mol. The van der Waals surface area contributed by atoms with Crippen molar-refractivity contribution in [2.24, 2.45) is 5.10 Å². The van der Waals surface area contributed by atoms with Crippen LogP contribution in [0.1, 0.15) is 32.3 Å². The molecule has 0 bridgehead atoms. The van der Waals surface area contributed by atoms with Crippen LogP contribution in [0, 0.1) is 5.82 Å². The lowest BCUT2D eigenvalue weighted by Gasteiger charge is -2.37. The van der Waals surface area contributed by atoms with Gasteiger partial charge in [0.25, 0.3) is 5.91 Å². The normalized spacial score (nSPS) is 23.3. The molecule has 1 fully saturated rings. The molecule has 146 valence electrons. The lowest BCUT2D eigenvalue weighted by atomic mass is 10.1. The summed E-state index contributed by atoms with van der Waals surface area (Å²) in [4.78, 5) is 25.6. The minimum atomic E-state index is -0.338. The third-order valence-electron chi connectivity index (χ3n) is 4.69. The molecular formula is C19H25FN4O3. The Kier molecular flexibility index (Phi) is 5.74. The number of benzene rings is 1. The average molecular weight is 376 g/mol. The van der Waals surface area contributed by atoms with Gasteiger partial charge in [-0.05, 0) is 31.5 Å². The smallest absolute Gasteiger partial charge is 0.267 e. The van der Waals surface area contributed by atoms with E-state index in [1.165, 1.54) is 18.1 Å². The van der Waals surface area contributed by atoms with Crippen molar-refractivity contribution >= 4 is 23.2 Å². The molecule has 2 aliphatic heterocycles. The summed E-state index contributed by atoms with van der Waals surface area (Å²) in [7, 11) is 1.52. The first-order valence-electron chi connectivity index (χ1n) is 9.14. The molecule has 0 unspecified atom stereocenters. The van der Waals surface area contributed by atoms with Crippen molar-refractivity contribution in [3.63, 3.8) is 0 Å². The van der Waals surface area contributed by atoms with Crippen molar-refractivity contribution in [2.75, 3.05) is 25.0 Å². The van der Waals surface area contributed by atoms with Crippen LogP contribution in [-0.2, 0) is 20.9 Å². The van der Waals surface area contributed by atoms with Crippen LogP contribution < -0.4 is 10.2 Å². The number of rotatable bonds is 4. The summed E-state index contributed by atoms with van der Waals surface area (Å²) in [6.07, 6.45) is 0.680. The highest BCUT2D eigenvalue weighted by atomic mass is 19.1. The number of ether oxygens (including phenoxy) is 1. The second kappa shape index (κ2) is 8.04. The molecule has 1 aromatic carbocycles. The SMILES string of the molecule is C[C@@H]1CN(c2ccc(CNC(=O)C3=NN(C)C(=O)CC3)cc2F)C[C@@H](C)O1. The molecule has 0 saturated carbocycles. The number of hydrogen-bond acceptors (Lipinski definition) is 5. The van der Waals surface area contributed by atoms with Gasteiger partial charge in [0.1, 0.15) is 11.5 Å². The number of nitrogens with one attached hydrogen (secondary N) is 1. The van der Waals surface area contributed by atoms with E-state index in [0.717, 1.165) is 0 Å². The van der Waals surface area contributed by atoms with E-state index in [9.17, 15) is 14.0 Å². The highest BCUT2D eigenvalue weighted by Crippen LogP contribution is 2.24. The maximum atomic E-state index is 14.6. The third kappa shape index (κ3) is 4.63. The maximum absolute atomic E-state index is 14.6. The second-order valence-corrected chi connectivity index (χ2v) is 7.09. The number of nitrogens with zero attached hydrogens (tertiary/aromatic N) is 3. The minimum Gasteiger partial charge on any atom is -0.372 e. The van der Waals surface area contributed by atoms with Gasteiger partial charge in [-0.2, -0.15) is 5.10 Å². The molecule has 1 aromatic rings. The molecule has 0 aliphatic carbocycles. The zero-order chi connectivity index (χ0) is 19.6. The highest BCUT2D eigenvalue weighted by molar-refractivity contribution is 6.39. The number of hydrogen-bond donors (Lipinski definition) is 1. The fourth-order valence-corrected chi connectivity index (χ4v) is 3.41. The summed E-state index contributed by atoms with van der Waals surface area (Å²) < 4.78 is 20.3. The Bertz CT molecular complexity index is 757. The van der Waals surface area contributed by atoms with E-state index in [0.29, 0.717) is 36.5 Å². The Hall–Kier alpha value is -2.48. The summed E-state index contributed by atoms with van der Waals surface area (Å²) in [5.41, 5.74) is 1.52. The van der Waals surface area contributed by atoms with E-state index in [1.807, 2.05) is 24.8 Å². The predicted octanol–water partition coefficient (Wildman–Crippen LogP) is 1.66. The number of amides is 2. The van der Waals surface area contributed by atoms with Gasteiger partial charge in [-0.1, -0.05) is 6.07 Å². The summed E-state index contributed by atoms with van der Waals surface area (Å²) in [6, 6.07) is 4.99. The molecule has 7 nitrogen and oxygen atoms in total. The first-order chi connectivity index (χ1) is 12.8. The summed E-state index contributed by atoms with van der Waals surface area (Å²) in [5.74, 6) is -0.769. The van der Waals surface area contributed by atoms with Gasteiger partial charge < -0.3 is 15.0 Å². The Balaban J connectivity index is 1.62. The summed E-state index contributed by atoms with van der Waals surface area (Å²) in [5, 5.41) is 7.89. The van der Waals surface area contributed by atoms with Gasteiger partial charge in [-0.3, -0.25) is 9.59 Å². The molecule has 8 heteroatoms. The number of hydrazone groups is 1. The minimum absolute atomic E-state index is 0.0494. The molecule has 2 aliphatic rings. The molecule has 0 spiro atoms. The van der Waals surface area contributed by atoms with Crippen LogP contribution in [0.4, 0.5) is 10.1 Å². The predicted molar refractivity (Wildman–Crippen MR) is 99.9 cm³/mol. The van der Waals surface area contributed by atoms with Gasteiger partial charge in [0.2, 0.25) is 5.91 Å². The van der Waals surface area contributed by atoms with Gasteiger partial charge >= 0.3 is 0 Å². The molecule has 3 rings (SSSR count). The number of halogens is 1. The third-order valence-corrected chi connectivity index (χ3v) is 4.69. The van der Waals surface area contributed by atoms with Crippen molar-refractivity contribution in [2.45, 2.75) is 45.4 Å². The van der Waals surface area contributed by atoms with Gasteiger partial charge in [0.15, 0.2) is 0 Å². The largest absolute Gasteiger partial charge is 0.372 e. The molecule has 2 heterocycles. The summed E-state index contributed by atoms with van der Waals surface area (Å²) in [6.45, 7) is 5.43.